The summed E-state index contributed by atoms with van der Waals surface area (Å²) in [5, 5.41) is 28.5. The first-order valence-corrected chi connectivity index (χ1v) is 14.8. The summed E-state index contributed by atoms with van der Waals surface area (Å²) >= 11 is 0. The number of phenols is 1. The number of aromatic hydroxyl groups is 1. The standard InChI is InChI=1S/C32H35N9O6/c33-24(11-20-14-34-16-37-20)29(43)39-27(12-21-15-35-17-38-21)31(45)40-26(9-18-5-7-22(42)8-6-18)30(44)41-28(32(46)47)10-19-13-36-25-4-2-1-3-23(19)25/h1-8,13-17,24,26-28,36,42H,9-12,33H2,(H,34,37)(H,35,38)(H,39,43)(H,40,45)(H,41,44)(H,46,47). The molecule has 0 aliphatic rings. The van der Waals surface area contributed by atoms with Gasteiger partial charge in [0.05, 0.1) is 18.7 Å². The highest BCUT2D eigenvalue weighted by Crippen LogP contribution is 2.19. The topological polar surface area (TPSA) is 244 Å². The van der Waals surface area contributed by atoms with Crippen LogP contribution in [0.25, 0.3) is 10.9 Å². The first-order chi connectivity index (χ1) is 22.7. The molecule has 0 spiro atoms. The summed E-state index contributed by atoms with van der Waals surface area (Å²) in [5.41, 5.74) is 9.39. The van der Waals surface area contributed by atoms with Gasteiger partial charge in [0.15, 0.2) is 0 Å². The molecule has 5 aromatic rings. The number of nitrogens with one attached hydrogen (secondary N) is 6. The Balaban J connectivity index is 1.35. The van der Waals surface area contributed by atoms with Crippen LogP contribution in [-0.4, -0.2) is 83.0 Å². The van der Waals surface area contributed by atoms with Crippen LogP contribution in [0.15, 0.2) is 79.8 Å². The number of carbonyl (C=O) groups is 4. The number of imidazole rings is 2. The number of benzene rings is 2. The summed E-state index contributed by atoms with van der Waals surface area (Å²) in [5.74, 6) is -3.31. The van der Waals surface area contributed by atoms with Gasteiger partial charge >= 0.3 is 5.97 Å². The molecule has 244 valence electrons. The average Bonchev–Trinajstić information content (AvgIpc) is 3.84. The number of aromatic amines is 3. The first-order valence-electron chi connectivity index (χ1n) is 14.8. The van der Waals surface area contributed by atoms with Crippen molar-refractivity contribution in [2.75, 3.05) is 0 Å². The maximum absolute atomic E-state index is 13.8. The van der Waals surface area contributed by atoms with E-state index in [2.05, 4.69) is 40.9 Å². The van der Waals surface area contributed by atoms with Gasteiger partial charge in [-0.25, -0.2) is 14.8 Å². The molecule has 15 heteroatoms. The fraction of sp³-hybridized carbons (Fsp3) is 0.250. The maximum atomic E-state index is 13.8. The summed E-state index contributed by atoms with van der Waals surface area (Å²) in [6, 6.07) is 8.68. The molecule has 0 bridgehead atoms. The zero-order valence-corrected chi connectivity index (χ0v) is 25.1. The summed E-state index contributed by atoms with van der Waals surface area (Å²) < 4.78 is 0. The molecule has 0 aliphatic heterocycles. The van der Waals surface area contributed by atoms with Gasteiger partial charge in [0, 0.05) is 66.6 Å². The Labute approximate surface area is 268 Å². The molecule has 4 unspecified atom stereocenters. The van der Waals surface area contributed by atoms with Crippen molar-refractivity contribution in [2.24, 2.45) is 5.73 Å². The Morgan fingerprint density at radius 2 is 1.32 bits per heavy atom. The van der Waals surface area contributed by atoms with E-state index in [1.807, 2.05) is 24.3 Å². The van der Waals surface area contributed by atoms with Crippen LogP contribution in [0.2, 0.25) is 0 Å². The molecule has 15 nitrogen and oxygen atoms in total. The Morgan fingerprint density at radius 3 is 1.96 bits per heavy atom. The van der Waals surface area contributed by atoms with Crippen LogP contribution >= 0.6 is 0 Å². The normalized spacial score (nSPS) is 13.7. The molecule has 0 fully saturated rings. The molecular formula is C32H35N9O6. The summed E-state index contributed by atoms with van der Waals surface area (Å²) in [6.45, 7) is 0. The minimum Gasteiger partial charge on any atom is -0.508 e. The first kappa shape index (κ1) is 32.4. The Hall–Kier alpha value is -5.96. The van der Waals surface area contributed by atoms with Crippen molar-refractivity contribution < 1.29 is 29.4 Å². The Morgan fingerprint density at radius 1 is 0.723 bits per heavy atom. The predicted molar refractivity (Wildman–Crippen MR) is 170 cm³/mol. The molecule has 0 saturated carbocycles. The van der Waals surface area contributed by atoms with Crippen LogP contribution in [0.5, 0.6) is 5.75 Å². The van der Waals surface area contributed by atoms with Crippen LogP contribution in [-0.2, 0) is 44.9 Å². The van der Waals surface area contributed by atoms with Crippen molar-refractivity contribution in [3.63, 3.8) is 0 Å². The highest BCUT2D eigenvalue weighted by Gasteiger charge is 2.31. The van der Waals surface area contributed by atoms with E-state index in [1.54, 1.807) is 18.3 Å². The van der Waals surface area contributed by atoms with Gasteiger partial charge in [-0.3, -0.25) is 14.4 Å². The van der Waals surface area contributed by atoms with Crippen molar-refractivity contribution in [1.82, 2.24) is 40.9 Å². The molecule has 10 N–H and O–H groups in total. The third kappa shape index (κ3) is 8.61. The molecule has 0 saturated heterocycles. The van der Waals surface area contributed by atoms with E-state index in [-0.39, 0.29) is 31.4 Å². The van der Waals surface area contributed by atoms with Gasteiger partial charge in [-0.15, -0.1) is 0 Å². The Kier molecular flexibility index (Phi) is 10.3. The minimum absolute atomic E-state index is 0.000212. The maximum Gasteiger partial charge on any atom is 0.326 e. The molecule has 5 rings (SSSR count). The number of aromatic nitrogens is 5. The lowest BCUT2D eigenvalue weighted by atomic mass is 10.0. The van der Waals surface area contributed by atoms with E-state index in [0.29, 0.717) is 22.5 Å². The number of H-pyrrole nitrogens is 3. The highest BCUT2D eigenvalue weighted by atomic mass is 16.4. The molecular weight excluding hydrogens is 606 g/mol. The zero-order chi connectivity index (χ0) is 33.3. The number of para-hydroxylation sites is 1. The van der Waals surface area contributed by atoms with Gasteiger partial charge in [-0.1, -0.05) is 30.3 Å². The van der Waals surface area contributed by atoms with Crippen molar-refractivity contribution >= 4 is 34.6 Å². The van der Waals surface area contributed by atoms with Crippen molar-refractivity contribution in [3.05, 3.63) is 102 Å². The second-order valence-electron chi connectivity index (χ2n) is 11.1. The van der Waals surface area contributed by atoms with E-state index in [1.165, 1.54) is 37.2 Å². The zero-order valence-electron chi connectivity index (χ0n) is 25.1. The highest BCUT2D eigenvalue weighted by molar-refractivity contribution is 5.94. The van der Waals surface area contributed by atoms with Crippen LogP contribution in [0.3, 0.4) is 0 Å². The van der Waals surface area contributed by atoms with Crippen LogP contribution in [0, 0.1) is 0 Å². The average molecular weight is 642 g/mol. The number of nitrogens with two attached hydrogens (primary N) is 1. The number of fused-ring (bicyclic) bond motifs is 1. The number of aliphatic carboxylic acids is 1. The van der Waals surface area contributed by atoms with E-state index in [0.717, 1.165) is 10.9 Å². The summed E-state index contributed by atoms with van der Waals surface area (Å²) in [7, 11) is 0. The molecule has 3 amide bonds. The molecule has 3 aromatic heterocycles. The van der Waals surface area contributed by atoms with Gasteiger partial charge in [0.25, 0.3) is 0 Å². The fourth-order valence-electron chi connectivity index (χ4n) is 5.17. The molecule has 2 aromatic carbocycles. The number of phenolic OH excluding ortho intramolecular Hbond substituents is 1. The molecule has 3 heterocycles. The molecule has 47 heavy (non-hydrogen) atoms. The largest absolute Gasteiger partial charge is 0.508 e. The van der Waals surface area contributed by atoms with Crippen molar-refractivity contribution in [3.8, 4) is 5.75 Å². The number of nitrogens with zero attached hydrogens (tertiary/aromatic N) is 2. The van der Waals surface area contributed by atoms with E-state index < -0.39 is 47.9 Å². The van der Waals surface area contributed by atoms with E-state index in [9.17, 15) is 29.4 Å². The van der Waals surface area contributed by atoms with E-state index in [4.69, 9.17) is 5.73 Å². The van der Waals surface area contributed by atoms with Gasteiger partial charge in [-0.2, -0.15) is 0 Å². The van der Waals surface area contributed by atoms with Crippen LogP contribution in [0.1, 0.15) is 22.5 Å². The SMILES string of the molecule is NC(Cc1cnc[nH]1)C(=O)NC(Cc1cnc[nH]1)C(=O)NC(Cc1ccc(O)cc1)C(=O)NC(Cc1c[nH]c2ccccc12)C(=O)O. The lowest BCUT2D eigenvalue weighted by Crippen LogP contribution is -2.58. The third-order valence-electron chi connectivity index (χ3n) is 7.67. The summed E-state index contributed by atoms with van der Waals surface area (Å²) in [6.07, 6.45) is 7.71. The second-order valence-corrected chi connectivity index (χ2v) is 11.1. The number of hydrogen-bond acceptors (Lipinski definition) is 8. The van der Waals surface area contributed by atoms with Gasteiger partial charge < -0.3 is 46.8 Å². The number of amides is 3. The monoisotopic (exact) mass is 641 g/mol. The predicted octanol–water partition coefficient (Wildman–Crippen LogP) is 0.457. The van der Waals surface area contributed by atoms with Crippen molar-refractivity contribution in [1.29, 1.82) is 0 Å². The number of hydrogen-bond donors (Lipinski definition) is 9. The minimum atomic E-state index is -1.32. The smallest absolute Gasteiger partial charge is 0.326 e. The molecule has 0 aliphatic carbocycles. The fourth-order valence-corrected chi connectivity index (χ4v) is 5.17. The lowest BCUT2D eigenvalue weighted by Gasteiger charge is -2.25. The third-order valence-corrected chi connectivity index (χ3v) is 7.67. The van der Waals surface area contributed by atoms with Gasteiger partial charge in [0.1, 0.15) is 23.9 Å². The van der Waals surface area contributed by atoms with Crippen LogP contribution in [0.4, 0.5) is 0 Å². The number of carboxylic acid groups (broad SMARTS) is 1. The van der Waals surface area contributed by atoms with E-state index >= 15 is 0 Å². The quantitative estimate of drug-likeness (QED) is 0.0769. The lowest BCUT2D eigenvalue weighted by molar-refractivity contribution is -0.142. The van der Waals surface area contributed by atoms with Gasteiger partial charge in [-0.05, 0) is 29.3 Å². The Bertz CT molecular complexity index is 1800. The number of rotatable bonds is 15. The van der Waals surface area contributed by atoms with Gasteiger partial charge in [0.2, 0.25) is 17.7 Å². The molecule has 0 radical (unpaired) electrons. The number of carboxylic acids is 1. The van der Waals surface area contributed by atoms with Crippen molar-refractivity contribution in [2.45, 2.75) is 49.9 Å². The second kappa shape index (κ2) is 14.9. The number of carbonyl (C=O) groups excluding carboxylic acids is 3. The summed E-state index contributed by atoms with van der Waals surface area (Å²) in [4.78, 5) is 69.6. The molecule has 4 atom stereocenters. The van der Waals surface area contributed by atoms with Crippen LogP contribution < -0.4 is 21.7 Å².